The Morgan fingerprint density at radius 2 is 1.96 bits per heavy atom. The zero-order chi connectivity index (χ0) is 17.5. The van der Waals surface area contributed by atoms with Gasteiger partial charge in [-0.25, -0.2) is 9.18 Å². The van der Waals surface area contributed by atoms with E-state index in [-0.39, 0.29) is 23.4 Å². The second-order valence-corrected chi connectivity index (χ2v) is 7.00. The second kappa shape index (κ2) is 8.66. The highest BCUT2D eigenvalue weighted by atomic mass is 32.2. The van der Waals surface area contributed by atoms with Crippen LogP contribution < -0.4 is 0 Å². The summed E-state index contributed by atoms with van der Waals surface area (Å²) in [6.07, 6.45) is 1.46. The first-order valence-electron chi connectivity index (χ1n) is 7.51. The Morgan fingerprint density at radius 1 is 1.29 bits per heavy atom. The van der Waals surface area contributed by atoms with Gasteiger partial charge in [0.25, 0.3) is 0 Å². The molecule has 0 radical (unpaired) electrons. The van der Waals surface area contributed by atoms with Gasteiger partial charge in [-0.3, -0.25) is 0 Å². The number of carbonyl (C=O) groups excluding carboxylic acids is 1. The Labute approximate surface area is 144 Å². The number of esters is 1. The molecule has 2 rings (SSSR count). The number of ether oxygens (including phenoxy) is 1. The predicted octanol–water partition coefficient (Wildman–Crippen LogP) is 4.03. The van der Waals surface area contributed by atoms with Crippen LogP contribution in [0.4, 0.5) is 4.39 Å². The first kappa shape index (κ1) is 18.2. The average Bonchev–Trinajstić information content (AvgIpc) is 2.60. The first-order valence-corrected chi connectivity index (χ1v) is 8.89. The summed E-state index contributed by atoms with van der Waals surface area (Å²) in [6.45, 7) is 5.35. The fourth-order valence-electron chi connectivity index (χ4n) is 2.22. The molecule has 0 saturated heterocycles. The number of hydrogen-bond donors (Lipinski definition) is 0. The number of halogens is 1. The zero-order valence-electron chi connectivity index (χ0n) is 13.4. The molecule has 2 unspecified atom stereocenters. The maximum Gasteiger partial charge on any atom is 0.356 e. The van der Waals surface area contributed by atoms with Crippen LogP contribution in [-0.4, -0.2) is 22.9 Å². The van der Waals surface area contributed by atoms with E-state index in [2.05, 4.69) is 6.58 Å². The van der Waals surface area contributed by atoms with Crippen LogP contribution in [0.1, 0.15) is 17.7 Å². The lowest BCUT2D eigenvalue weighted by Gasteiger charge is -2.18. The summed E-state index contributed by atoms with van der Waals surface area (Å²) in [5.74, 6) is -0.959. The SMILES string of the molecule is C=CCOC(=O)C[S+]([O-])C(C)c1ccc(-c2ccccc2F)cc1. The van der Waals surface area contributed by atoms with Gasteiger partial charge in [-0.15, -0.1) is 0 Å². The van der Waals surface area contributed by atoms with Crippen LogP contribution in [0.5, 0.6) is 0 Å². The molecular weight excluding hydrogens is 327 g/mol. The van der Waals surface area contributed by atoms with E-state index in [1.165, 1.54) is 12.1 Å². The Bertz CT molecular complexity index is 700. The third kappa shape index (κ3) is 4.69. The molecule has 0 aliphatic carbocycles. The van der Waals surface area contributed by atoms with Gasteiger partial charge in [0.15, 0.2) is 0 Å². The Hall–Kier alpha value is -2.11. The van der Waals surface area contributed by atoms with Crippen LogP contribution in [0.15, 0.2) is 61.2 Å². The van der Waals surface area contributed by atoms with Crippen LogP contribution in [0.3, 0.4) is 0 Å². The molecule has 24 heavy (non-hydrogen) atoms. The highest BCUT2D eigenvalue weighted by Gasteiger charge is 2.23. The monoisotopic (exact) mass is 346 g/mol. The third-order valence-corrected chi connectivity index (χ3v) is 5.16. The van der Waals surface area contributed by atoms with Crippen molar-refractivity contribution in [3.05, 3.63) is 72.6 Å². The van der Waals surface area contributed by atoms with E-state index in [1.807, 2.05) is 0 Å². The van der Waals surface area contributed by atoms with Gasteiger partial charge in [-0.1, -0.05) is 55.1 Å². The molecule has 0 amide bonds. The van der Waals surface area contributed by atoms with Crippen molar-refractivity contribution in [2.45, 2.75) is 12.2 Å². The second-order valence-electron chi connectivity index (χ2n) is 5.24. The van der Waals surface area contributed by atoms with Gasteiger partial charge in [-0.2, -0.15) is 0 Å². The van der Waals surface area contributed by atoms with Gasteiger partial charge in [0.1, 0.15) is 17.7 Å². The van der Waals surface area contributed by atoms with E-state index in [9.17, 15) is 13.7 Å². The number of rotatable bonds is 7. The normalized spacial score (nSPS) is 13.1. The molecule has 2 atom stereocenters. The summed E-state index contributed by atoms with van der Waals surface area (Å²) in [7, 11) is 0. The quantitative estimate of drug-likeness (QED) is 0.432. The van der Waals surface area contributed by atoms with Gasteiger partial charge >= 0.3 is 5.97 Å². The van der Waals surface area contributed by atoms with Gasteiger partial charge in [-0.05, 0) is 29.7 Å². The van der Waals surface area contributed by atoms with Crippen LogP contribution >= 0.6 is 0 Å². The molecule has 126 valence electrons. The average molecular weight is 346 g/mol. The van der Waals surface area contributed by atoms with Crippen molar-refractivity contribution < 1.29 is 18.5 Å². The van der Waals surface area contributed by atoms with Crippen LogP contribution in [0, 0.1) is 5.82 Å². The Balaban J connectivity index is 2.05. The maximum atomic E-state index is 13.8. The van der Waals surface area contributed by atoms with Crippen molar-refractivity contribution in [1.29, 1.82) is 0 Å². The molecule has 0 saturated carbocycles. The molecule has 2 aromatic rings. The van der Waals surface area contributed by atoms with Crippen molar-refractivity contribution in [2.24, 2.45) is 0 Å². The van der Waals surface area contributed by atoms with Gasteiger partial charge < -0.3 is 9.29 Å². The molecule has 0 spiro atoms. The summed E-state index contributed by atoms with van der Waals surface area (Å²) < 4.78 is 30.9. The Morgan fingerprint density at radius 3 is 2.58 bits per heavy atom. The summed E-state index contributed by atoms with van der Waals surface area (Å²) in [5, 5.41) is -0.323. The molecule has 0 aliphatic rings. The number of benzene rings is 2. The van der Waals surface area contributed by atoms with Crippen molar-refractivity contribution >= 4 is 17.1 Å². The topological polar surface area (TPSA) is 49.4 Å². The third-order valence-electron chi connectivity index (χ3n) is 3.58. The summed E-state index contributed by atoms with van der Waals surface area (Å²) >= 11 is -1.39. The summed E-state index contributed by atoms with van der Waals surface area (Å²) in [6, 6.07) is 13.7. The molecular formula is C19H19FO3S. The standard InChI is InChI=1S/C19H19FO3S/c1-3-12-23-19(21)13-24(22)14(2)15-8-10-16(11-9-15)17-6-4-5-7-18(17)20/h3-11,14H,1,12-13H2,2H3. The van der Waals surface area contributed by atoms with E-state index in [0.29, 0.717) is 5.56 Å². The smallest absolute Gasteiger partial charge is 0.356 e. The van der Waals surface area contributed by atoms with Crippen molar-refractivity contribution in [2.75, 3.05) is 12.4 Å². The van der Waals surface area contributed by atoms with Crippen molar-refractivity contribution in [3.63, 3.8) is 0 Å². The van der Waals surface area contributed by atoms with Crippen LogP contribution in [0.2, 0.25) is 0 Å². The molecule has 0 aliphatic heterocycles. The highest BCUT2D eigenvalue weighted by molar-refractivity contribution is 7.92. The van der Waals surface area contributed by atoms with Gasteiger partial charge in [0.05, 0.1) is 0 Å². The minimum Gasteiger partial charge on any atom is -0.615 e. The van der Waals surface area contributed by atoms with Gasteiger partial charge in [0, 0.05) is 11.1 Å². The van der Waals surface area contributed by atoms with E-state index < -0.39 is 17.1 Å². The van der Waals surface area contributed by atoms with Crippen molar-refractivity contribution in [3.8, 4) is 11.1 Å². The molecule has 2 aromatic carbocycles. The molecule has 0 bridgehead atoms. The fraction of sp³-hybridized carbons (Fsp3) is 0.211. The molecule has 5 heteroatoms. The summed E-state index contributed by atoms with van der Waals surface area (Å²) in [5.41, 5.74) is 2.09. The minimum atomic E-state index is -1.39. The van der Waals surface area contributed by atoms with E-state index in [4.69, 9.17) is 4.74 Å². The predicted molar refractivity (Wildman–Crippen MR) is 94.4 cm³/mol. The van der Waals surface area contributed by atoms with Crippen molar-refractivity contribution in [1.82, 2.24) is 0 Å². The van der Waals surface area contributed by atoms with Gasteiger partial charge in [0.2, 0.25) is 5.75 Å². The Kier molecular flexibility index (Phi) is 6.58. The number of hydrogen-bond acceptors (Lipinski definition) is 3. The highest BCUT2D eigenvalue weighted by Crippen LogP contribution is 2.27. The zero-order valence-corrected chi connectivity index (χ0v) is 14.2. The number of carbonyl (C=O) groups is 1. The molecule has 0 fully saturated rings. The molecule has 0 aromatic heterocycles. The van der Waals surface area contributed by atoms with E-state index >= 15 is 0 Å². The molecule has 3 nitrogen and oxygen atoms in total. The fourth-order valence-corrected chi connectivity index (χ4v) is 3.24. The largest absolute Gasteiger partial charge is 0.615 e. The lowest BCUT2D eigenvalue weighted by molar-refractivity contribution is -0.139. The van der Waals surface area contributed by atoms with Crippen LogP contribution in [0.25, 0.3) is 11.1 Å². The van der Waals surface area contributed by atoms with Crippen LogP contribution in [-0.2, 0) is 20.7 Å². The van der Waals surface area contributed by atoms with E-state index in [0.717, 1.165) is 11.1 Å². The maximum absolute atomic E-state index is 13.8. The van der Waals surface area contributed by atoms with E-state index in [1.54, 1.807) is 49.4 Å². The summed E-state index contributed by atoms with van der Waals surface area (Å²) in [4.78, 5) is 11.5. The first-order chi connectivity index (χ1) is 11.5. The molecule has 0 heterocycles. The lowest BCUT2D eigenvalue weighted by Crippen LogP contribution is -2.22. The minimum absolute atomic E-state index is 0.113. The lowest BCUT2D eigenvalue weighted by atomic mass is 10.0. The molecule has 0 N–H and O–H groups in total.